The van der Waals surface area contributed by atoms with Crippen molar-refractivity contribution in [2.24, 2.45) is 11.8 Å². The molecule has 146 valence electrons. The molecule has 1 fully saturated rings. The molecule has 0 aliphatic heterocycles. The molecule has 0 unspecified atom stereocenters. The van der Waals surface area contributed by atoms with E-state index in [0.717, 1.165) is 18.4 Å². The van der Waals surface area contributed by atoms with E-state index in [9.17, 15) is 13.2 Å². The van der Waals surface area contributed by atoms with Gasteiger partial charge in [0, 0.05) is 6.07 Å². The minimum absolute atomic E-state index is 0.0530. The van der Waals surface area contributed by atoms with E-state index in [-0.39, 0.29) is 5.02 Å². The number of rotatable bonds is 6. The highest BCUT2D eigenvalue weighted by Gasteiger charge is 2.22. The van der Waals surface area contributed by atoms with Gasteiger partial charge in [-0.25, -0.2) is 13.2 Å². The smallest absolute Gasteiger partial charge is 0.145 e. The second-order valence-corrected chi connectivity index (χ2v) is 8.17. The van der Waals surface area contributed by atoms with Crippen LogP contribution >= 0.6 is 11.6 Å². The first-order valence-corrected chi connectivity index (χ1v) is 10.3. The lowest BCUT2D eigenvalue weighted by Crippen LogP contribution is -2.15. The molecule has 1 saturated carbocycles. The van der Waals surface area contributed by atoms with E-state index < -0.39 is 17.5 Å². The standard InChI is InChI=1S/C23H26ClF3/c1-2-3-15-4-6-16(7-5-15)8-9-21-20(10-11-22(24)23(21)27)17-12-18(25)14-19(26)13-17/h10-16H,2-9H2,1H3. The van der Waals surface area contributed by atoms with E-state index in [1.807, 2.05) is 0 Å². The summed E-state index contributed by atoms with van der Waals surface area (Å²) >= 11 is 5.99. The van der Waals surface area contributed by atoms with E-state index in [1.54, 1.807) is 6.07 Å². The fourth-order valence-electron chi connectivity index (χ4n) is 4.38. The Hall–Kier alpha value is -1.48. The third-order valence-corrected chi connectivity index (χ3v) is 6.13. The van der Waals surface area contributed by atoms with E-state index in [4.69, 9.17) is 11.6 Å². The molecule has 0 aromatic heterocycles. The molecule has 0 saturated heterocycles. The van der Waals surface area contributed by atoms with Crippen LogP contribution in [0.3, 0.4) is 0 Å². The van der Waals surface area contributed by atoms with Gasteiger partial charge in [0.05, 0.1) is 5.02 Å². The Balaban J connectivity index is 1.78. The van der Waals surface area contributed by atoms with Gasteiger partial charge in [-0.05, 0) is 59.6 Å². The summed E-state index contributed by atoms with van der Waals surface area (Å²) in [6, 6.07) is 6.42. The topological polar surface area (TPSA) is 0 Å². The summed E-state index contributed by atoms with van der Waals surface area (Å²) in [5.74, 6) is -0.395. The summed E-state index contributed by atoms with van der Waals surface area (Å²) in [7, 11) is 0. The van der Waals surface area contributed by atoms with Crippen LogP contribution in [0.25, 0.3) is 11.1 Å². The van der Waals surface area contributed by atoms with Crippen molar-refractivity contribution in [2.75, 3.05) is 0 Å². The Labute approximate surface area is 164 Å². The Kier molecular flexibility index (Phi) is 6.86. The Bertz CT molecular complexity index is 759. The predicted molar refractivity (Wildman–Crippen MR) is 105 cm³/mol. The molecule has 2 aromatic carbocycles. The van der Waals surface area contributed by atoms with Crippen molar-refractivity contribution in [3.63, 3.8) is 0 Å². The average Bonchev–Trinajstić information content (AvgIpc) is 2.63. The van der Waals surface area contributed by atoms with Gasteiger partial charge in [0.15, 0.2) is 0 Å². The maximum absolute atomic E-state index is 14.7. The third-order valence-electron chi connectivity index (χ3n) is 5.84. The van der Waals surface area contributed by atoms with Crippen LogP contribution in [-0.4, -0.2) is 0 Å². The van der Waals surface area contributed by atoms with Crippen molar-refractivity contribution >= 4 is 11.6 Å². The molecule has 2 aromatic rings. The van der Waals surface area contributed by atoms with Gasteiger partial charge >= 0.3 is 0 Å². The van der Waals surface area contributed by atoms with Crippen LogP contribution < -0.4 is 0 Å². The van der Waals surface area contributed by atoms with E-state index in [2.05, 4.69) is 6.92 Å². The molecule has 1 aliphatic rings. The second-order valence-electron chi connectivity index (χ2n) is 7.76. The van der Waals surface area contributed by atoms with Crippen molar-refractivity contribution in [3.05, 3.63) is 58.4 Å². The van der Waals surface area contributed by atoms with E-state index >= 15 is 0 Å². The number of hydrogen-bond acceptors (Lipinski definition) is 0. The van der Waals surface area contributed by atoms with Crippen LogP contribution in [0, 0.1) is 29.3 Å². The molecule has 1 aliphatic carbocycles. The molecule has 0 nitrogen and oxygen atoms in total. The molecule has 0 radical (unpaired) electrons. The highest BCUT2D eigenvalue weighted by Crippen LogP contribution is 2.36. The zero-order valence-electron chi connectivity index (χ0n) is 15.7. The Morgan fingerprint density at radius 1 is 0.889 bits per heavy atom. The minimum atomic E-state index is -0.666. The molecule has 0 heterocycles. The van der Waals surface area contributed by atoms with E-state index in [0.29, 0.717) is 29.0 Å². The monoisotopic (exact) mass is 394 g/mol. The van der Waals surface area contributed by atoms with Crippen LogP contribution in [0.5, 0.6) is 0 Å². The lowest BCUT2D eigenvalue weighted by atomic mass is 9.77. The maximum atomic E-state index is 14.7. The van der Waals surface area contributed by atoms with Gasteiger partial charge in [0.25, 0.3) is 0 Å². The van der Waals surface area contributed by atoms with Crippen molar-refractivity contribution in [1.82, 2.24) is 0 Å². The summed E-state index contributed by atoms with van der Waals surface area (Å²) in [4.78, 5) is 0. The van der Waals surface area contributed by atoms with Crippen LogP contribution in [0.15, 0.2) is 30.3 Å². The third kappa shape index (κ3) is 5.07. The number of halogens is 4. The van der Waals surface area contributed by atoms with Crippen LogP contribution in [0.4, 0.5) is 13.2 Å². The molecule has 27 heavy (non-hydrogen) atoms. The van der Waals surface area contributed by atoms with Gasteiger partial charge < -0.3 is 0 Å². The first-order valence-electron chi connectivity index (χ1n) is 9.91. The normalized spacial score (nSPS) is 20.0. The van der Waals surface area contributed by atoms with E-state index in [1.165, 1.54) is 56.7 Å². The average molecular weight is 395 g/mol. The molecule has 0 spiro atoms. The maximum Gasteiger partial charge on any atom is 0.145 e. The van der Waals surface area contributed by atoms with Crippen LogP contribution in [-0.2, 0) is 6.42 Å². The lowest BCUT2D eigenvalue weighted by Gasteiger charge is -2.28. The van der Waals surface area contributed by atoms with Gasteiger partial charge in [-0.2, -0.15) is 0 Å². The minimum Gasteiger partial charge on any atom is -0.207 e. The lowest BCUT2D eigenvalue weighted by molar-refractivity contribution is 0.252. The molecular formula is C23H26ClF3. The molecule has 0 amide bonds. The Morgan fingerprint density at radius 3 is 2.07 bits per heavy atom. The predicted octanol–water partition coefficient (Wildman–Crippen LogP) is 7.96. The molecular weight excluding hydrogens is 369 g/mol. The fourth-order valence-corrected chi connectivity index (χ4v) is 4.56. The van der Waals surface area contributed by atoms with Gasteiger partial charge in [-0.15, -0.1) is 0 Å². The summed E-state index contributed by atoms with van der Waals surface area (Å²) in [6.45, 7) is 2.23. The second kappa shape index (κ2) is 9.14. The molecule has 0 atom stereocenters. The number of hydrogen-bond donors (Lipinski definition) is 0. The van der Waals surface area contributed by atoms with Crippen molar-refractivity contribution in [1.29, 1.82) is 0 Å². The first-order chi connectivity index (χ1) is 13.0. The summed E-state index contributed by atoms with van der Waals surface area (Å²) < 4.78 is 42.0. The summed E-state index contributed by atoms with van der Waals surface area (Å²) in [6.07, 6.45) is 8.79. The van der Waals surface area contributed by atoms with Gasteiger partial charge in [0.2, 0.25) is 0 Å². The SMILES string of the molecule is CCCC1CCC(CCc2c(-c3cc(F)cc(F)c3)ccc(Cl)c2F)CC1. The van der Waals surface area contributed by atoms with Gasteiger partial charge in [-0.1, -0.05) is 63.1 Å². The zero-order chi connectivity index (χ0) is 19.4. The largest absolute Gasteiger partial charge is 0.207 e. The highest BCUT2D eigenvalue weighted by atomic mass is 35.5. The van der Waals surface area contributed by atoms with Crippen LogP contribution in [0.1, 0.15) is 57.4 Å². The van der Waals surface area contributed by atoms with Gasteiger partial charge in [-0.3, -0.25) is 0 Å². The molecule has 0 bridgehead atoms. The Morgan fingerprint density at radius 2 is 1.48 bits per heavy atom. The fraction of sp³-hybridized carbons (Fsp3) is 0.478. The van der Waals surface area contributed by atoms with Crippen molar-refractivity contribution in [2.45, 2.75) is 58.3 Å². The van der Waals surface area contributed by atoms with Crippen LogP contribution in [0.2, 0.25) is 5.02 Å². The molecule has 0 N–H and O–H groups in total. The summed E-state index contributed by atoms with van der Waals surface area (Å²) in [5, 5.41) is 0.0530. The summed E-state index contributed by atoms with van der Waals surface area (Å²) in [5.41, 5.74) is 1.34. The van der Waals surface area contributed by atoms with Crippen molar-refractivity contribution < 1.29 is 13.2 Å². The number of benzene rings is 2. The molecule has 4 heteroatoms. The quantitative estimate of drug-likeness (QED) is 0.466. The highest BCUT2D eigenvalue weighted by molar-refractivity contribution is 6.30. The molecule has 3 rings (SSSR count). The first kappa shape index (κ1) is 20.3. The van der Waals surface area contributed by atoms with Gasteiger partial charge in [0.1, 0.15) is 17.5 Å². The zero-order valence-corrected chi connectivity index (χ0v) is 16.5. The van der Waals surface area contributed by atoms with Crippen molar-refractivity contribution in [3.8, 4) is 11.1 Å².